The molecule has 2 aromatic carbocycles. The summed E-state index contributed by atoms with van der Waals surface area (Å²) in [5.41, 5.74) is 4.46. The molecule has 28 heavy (non-hydrogen) atoms. The molecule has 1 amide bonds. The second-order valence-corrected chi connectivity index (χ2v) is 7.33. The summed E-state index contributed by atoms with van der Waals surface area (Å²) in [5, 5.41) is 4.02. The second-order valence-electron chi connectivity index (χ2n) is 6.89. The van der Waals surface area contributed by atoms with Gasteiger partial charge in [-0.2, -0.15) is 0 Å². The summed E-state index contributed by atoms with van der Waals surface area (Å²) in [4.78, 5) is 20.1. The number of benzene rings is 2. The van der Waals surface area contributed by atoms with Crippen molar-refractivity contribution >= 4 is 34.5 Å². The number of allylic oxidation sites excluding steroid dienone is 1. The first-order chi connectivity index (χ1) is 13.5. The van der Waals surface area contributed by atoms with Crippen molar-refractivity contribution in [2.45, 2.75) is 26.8 Å². The standard InChI is InChI=1S/C22H23ClN4O/c1-4-26(5-2)21(28)19-14(3)24-22-25-17-8-6-7-9-18(17)27(22)20(19)15-10-12-16(23)13-11-15/h6-13,20H,4-5H2,1-3H3,(H,24,25)/t20-/m1/s1. The van der Waals surface area contributed by atoms with Gasteiger partial charge in [-0.05, 0) is 50.6 Å². The smallest absolute Gasteiger partial charge is 0.253 e. The zero-order valence-corrected chi connectivity index (χ0v) is 17.0. The van der Waals surface area contributed by atoms with Crippen LogP contribution in [0.5, 0.6) is 0 Å². The molecule has 0 spiro atoms. The number of likely N-dealkylation sites (N-methyl/N-ethyl adjacent to an activating group) is 1. The average molecular weight is 395 g/mol. The topological polar surface area (TPSA) is 50.2 Å². The fourth-order valence-corrected chi connectivity index (χ4v) is 4.01. The first-order valence-corrected chi connectivity index (χ1v) is 9.92. The molecular formula is C22H23ClN4O. The molecule has 0 radical (unpaired) electrons. The summed E-state index contributed by atoms with van der Waals surface area (Å²) in [6.07, 6.45) is 0. The number of amides is 1. The van der Waals surface area contributed by atoms with Crippen LogP contribution in [0.3, 0.4) is 0 Å². The maximum atomic E-state index is 13.5. The van der Waals surface area contributed by atoms with E-state index in [0.717, 1.165) is 33.8 Å². The van der Waals surface area contributed by atoms with E-state index >= 15 is 0 Å². The predicted octanol–water partition coefficient (Wildman–Crippen LogP) is 4.85. The molecule has 4 rings (SSSR count). The molecule has 2 heterocycles. The number of carbonyl (C=O) groups excluding carboxylic acids is 1. The predicted molar refractivity (Wildman–Crippen MR) is 114 cm³/mol. The van der Waals surface area contributed by atoms with E-state index in [4.69, 9.17) is 16.6 Å². The molecule has 0 saturated heterocycles. The summed E-state index contributed by atoms with van der Waals surface area (Å²) < 4.78 is 2.11. The Kier molecular flexibility index (Phi) is 4.85. The second kappa shape index (κ2) is 7.32. The molecule has 5 nitrogen and oxygen atoms in total. The zero-order chi connectivity index (χ0) is 19.8. The quantitative estimate of drug-likeness (QED) is 0.688. The molecule has 0 bridgehead atoms. The molecule has 1 N–H and O–H groups in total. The molecule has 144 valence electrons. The minimum absolute atomic E-state index is 0.0402. The van der Waals surface area contributed by atoms with Crippen LogP contribution in [0.25, 0.3) is 11.0 Å². The van der Waals surface area contributed by atoms with E-state index < -0.39 is 0 Å². The Morgan fingerprint density at radius 3 is 2.50 bits per heavy atom. The van der Waals surface area contributed by atoms with E-state index in [-0.39, 0.29) is 11.9 Å². The van der Waals surface area contributed by atoms with Crippen molar-refractivity contribution in [2.24, 2.45) is 0 Å². The lowest BCUT2D eigenvalue weighted by molar-refractivity contribution is -0.127. The third kappa shape index (κ3) is 2.96. The highest BCUT2D eigenvalue weighted by atomic mass is 35.5. The number of anilines is 1. The van der Waals surface area contributed by atoms with Crippen molar-refractivity contribution in [3.8, 4) is 0 Å². The Balaban J connectivity index is 1.96. The van der Waals surface area contributed by atoms with Gasteiger partial charge in [-0.25, -0.2) is 4.98 Å². The highest BCUT2D eigenvalue weighted by Crippen LogP contribution is 2.39. The van der Waals surface area contributed by atoms with Gasteiger partial charge < -0.3 is 10.2 Å². The lowest BCUT2D eigenvalue weighted by Gasteiger charge is -2.33. The normalized spacial score (nSPS) is 16.1. The van der Waals surface area contributed by atoms with Crippen LogP contribution >= 0.6 is 11.6 Å². The van der Waals surface area contributed by atoms with Gasteiger partial charge >= 0.3 is 0 Å². The molecule has 6 heteroatoms. The van der Waals surface area contributed by atoms with Crippen LogP contribution in [0, 0.1) is 0 Å². The van der Waals surface area contributed by atoms with E-state index in [1.807, 2.05) is 74.2 Å². The molecular weight excluding hydrogens is 372 g/mol. The Hall–Kier alpha value is -2.79. The van der Waals surface area contributed by atoms with Gasteiger partial charge in [0, 0.05) is 23.8 Å². The van der Waals surface area contributed by atoms with Crippen LogP contribution in [-0.2, 0) is 4.79 Å². The number of aromatic nitrogens is 2. The van der Waals surface area contributed by atoms with Gasteiger partial charge in [-0.1, -0.05) is 35.9 Å². The Bertz CT molecular complexity index is 1060. The highest BCUT2D eigenvalue weighted by molar-refractivity contribution is 6.30. The van der Waals surface area contributed by atoms with Gasteiger partial charge in [-0.15, -0.1) is 0 Å². The van der Waals surface area contributed by atoms with Gasteiger partial charge in [0.25, 0.3) is 5.91 Å². The number of hydrogen-bond acceptors (Lipinski definition) is 3. The Morgan fingerprint density at radius 1 is 1.14 bits per heavy atom. The van der Waals surface area contributed by atoms with Crippen LogP contribution in [-0.4, -0.2) is 33.4 Å². The van der Waals surface area contributed by atoms with Crippen molar-refractivity contribution in [1.29, 1.82) is 0 Å². The van der Waals surface area contributed by atoms with Crippen molar-refractivity contribution in [2.75, 3.05) is 18.4 Å². The molecule has 1 aliphatic rings. The third-order valence-electron chi connectivity index (χ3n) is 5.30. The van der Waals surface area contributed by atoms with Crippen LogP contribution in [0.15, 0.2) is 59.8 Å². The monoisotopic (exact) mass is 394 g/mol. The number of nitrogens with one attached hydrogen (secondary N) is 1. The number of nitrogens with zero attached hydrogens (tertiary/aromatic N) is 3. The zero-order valence-electron chi connectivity index (χ0n) is 16.2. The van der Waals surface area contributed by atoms with Gasteiger partial charge in [0.15, 0.2) is 0 Å². The van der Waals surface area contributed by atoms with Crippen molar-refractivity contribution in [3.05, 3.63) is 70.4 Å². The number of rotatable bonds is 4. The number of imidazole rings is 1. The Labute approximate surface area is 169 Å². The van der Waals surface area contributed by atoms with Crippen molar-refractivity contribution in [1.82, 2.24) is 14.5 Å². The van der Waals surface area contributed by atoms with E-state index in [1.165, 1.54) is 0 Å². The summed E-state index contributed by atoms with van der Waals surface area (Å²) >= 11 is 6.13. The van der Waals surface area contributed by atoms with E-state index in [2.05, 4.69) is 9.88 Å². The lowest BCUT2D eigenvalue weighted by atomic mass is 9.94. The molecule has 0 unspecified atom stereocenters. The van der Waals surface area contributed by atoms with Gasteiger partial charge in [-0.3, -0.25) is 9.36 Å². The Morgan fingerprint density at radius 2 is 1.82 bits per heavy atom. The highest BCUT2D eigenvalue weighted by Gasteiger charge is 2.35. The van der Waals surface area contributed by atoms with Gasteiger partial charge in [0.1, 0.15) is 0 Å². The fourth-order valence-electron chi connectivity index (χ4n) is 3.88. The maximum absolute atomic E-state index is 13.5. The minimum Gasteiger partial charge on any atom is -0.339 e. The lowest BCUT2D eigenvalue weighted by Crippen LogP contribution is -2.37. The first-order valence-electron chi connectivity index (χ1n) is 9.54. The van der Waals surface area contributed by atoms with Crippen LogP contribution in [0.4, 0.5) is 5.95 Å². The molecule has 1 aromatic heterocycles. The number of para-hydroxylation sites is 2. The molecule has 0 aliphatic carbocycles. The number of fused-ring (bicyclic) bond motifs is 3. The van der Waals surface area contributed by atoms with E-state index in [9.17, 15) is 4.79 Å². The SMILES string of the molecule is CCN(CC)C(=O)C1=C(C)Nc2nc3ccccc3n2[C@@H]1c1ccc(Cl)cc1. The van der Waals surface area contributed by atoms with Crippen LogP contribution < -0.4 is 5.32 Å². The van der Waals surface area contributed by atoms with Crippen LogP contribution in [0.2, 0.25) is 5.02 Å². The third-order valence-corrected chi connectivity index (χ3v) is 5.55. The maximum Gasteiger partial charge on any atom is 0.253 e. The summed E-state index contributed by atoms with van der Waals surface area (Å²) in [6, 6.07) is 15.4. The molecule has 3 aromatic rings. The van der Waals surface area contributed by atoms with Crippen molar-refractivity contribution < 1.29 is 4.79 Å². The molecule has 0 saturated carbocycles. The molecule has 1 atom stereocenters. The van der Waals surface area contributed by atoms with Gasteiger partial charge in [0.2, 0.25) is 5.95 Å². The van der Waals surface area contributed by atoms with Crippen molar-refractivity contribution in [3.63, 3.8) is 0 Å². The first kappa shape index (κ1) is 18.6. The summed E-state index contributed by atoms with van der Waals surface area (Å²) in [7, 11) is 0. The minimum atomic E-state index is -0.269. The molecule has 0 fully saturated rings. The molecule has 1 aliphatic heterocycles. The number of hydrogen-bond donors (Lipinski definition) is 1. The summed E-state index contributed by atoms with van der Waals surface area (Å²) in [6.45, 7) is 7.28. The number of halogens is 1. The number of carbonyl (C=O) groups is 1. The van der Waals surface area contributed by atoms with E-state index in [0.29, 0.717) is 18.1 Å². The van der Waals surface area contributed by atoms with Crippen LogP contribution in [0.1, 0.15) is 32.4 Å². The fraction of sp³-hybridized carbons (Fsp3) is 0.273. The summed E-state index contributed by atoms with van der Waals surface area (Å²) in [5.74, 6) is 0.785. The largest absolute Gasteiger partial charge is 0.339 e. The van der Waals surface area contributed by atoms with Gasteiger partial charge in [0.05, 0.1) is 22.6 Å². The van der Waals surface area contributed by atoms with E-state index in [1.54, 1.807) is 0 Å². The average Bonchev–Trinajstić information content (AvgIpc) is 3.06.